The summed E-state index contributed by atoms with van der Waals surface area (Å²) >= 11 is 0. The topological polar surface area (TPSA) is 137 Å². The van der Waals surface area contributed by atoms with Gasteiger partial charge in [-0.3, -0.25) is 9.36 Å². The maximum atomic E-state index is 12.4. The third kappa shape index (κ3) is 2.61. The minimum atomic E-state index is -1.29. The third-order valence-electron chi connectivity index (χ3n) is 4.88. The van der Waals surface area contributed by atoms with Crippen molar-refractivity contribution in [3.05, 3.63) is 16.7 Å². The predicted octanol–water partition coefficient (Wildman–Crippen LogP) is -1.28. The first kappa shape index (κ1) is 16.5. The first-order valence-electron chi connectivity index (χ1n) is 8.45. The van der Waals surface area contributed by atoms with Gasteiger partial charge in [0.1, 0.15) is 18.3 Å². The van der Waals surface area contributed by atoms with Crippen LogP contribution in [0.4, 0.5) is 5.95 Å². The number of hydrogen-bond acceptors (Lipinski definition) is 8. The second-order valence-electron chi connectivity index (χ2n) is 6.46. The van der Waals surface area contributed by atoms with Crippen molar-refractivity contribution in [2.45, 2.75) is 43.8 Å². The van der Waals surface area contributed by atoms with Gasteiger partial charge in [0.25, 0.3) is 5.56 Å². The molecule has 0 spiro atoms. The largest absolute Gasteiger partial charge is 0.394 e. The number of ether oxygens (including phenoxy) is 1. The Kier molecular flexibility index (Phi) is 4.20. The van der Waals surface area contributed by atoms with Gasteiger partial charge in [0.2, 0.25) is 5.95 Å². The highest BCUT2D eigenvalue weighted by molar-refractivity contribution is 5.74. The number of nitrogens with one attached hydrogen (secondary N) is 1. The van der Waals surface area contributed by atoms with E-state index >= 15 is 0 Å². The highest BCUT2D eigenvalue weighted by Gasteiger charge is 2.45. The van der Waals surface area contributed by atoms with E-state index < -0.39 is 36.7 Å². The van der Waals surface area contributed by atoms with Crippen LogP contribution in [0.15, 0.2) is 11.1 Å². The SMILES string of the molecule is O=c1[nH]cnc2nc(N3CCCCC3)n([C@H]3O[C@@H](CO)[C@@H](O)[C@H]3O)c12. The van der Waals surface area contributed by atoms with Crippen LogP contribution in [0.5, 0.6) is 0 Å². The van der Waals surface area contributed by atoms with E-state index in [2.05, 4.69) is 15.0 Å². The molecule has 4 N–H and O–H groups in total. The van der Waals surface area contributed by atoms with Crippen LogP contribution in [0, 0.1) is 0 Å². The van der Waals surface area contributed by atoms with Crippen molar-refractivity contribution in [2.24, 2.45) is 0 Å². The van der Waals surface area contributed by atoms with Crippen LogP contribution < -0.4 is 10.5 Å². The zero-order valence-corrected chi connectivity index (χ0v) is 13.6. The quantitative estimate of drug-likeness (QED) is 0.537. The molecule has 0 unspecified atom stereocenters. The van der Waals surface area contributed by atoms with Crippen LogP contribution in [0.3, 0.4) is 0 Å². The lowest BCUT2D eigenvalue weighted by atomic mass is 10.1. The molecule has 25 heavy (non-hydrogen) atoms. The molecule has 2 aliphatic heterocycles. The molecular formula is C15H21N5O5. The summed E-state index contributed by atoms with van der Waals surface area (Å²) in [7, 11) is 0. The standard InChI is InChI=1S/C15H21N5O5/c21-6-8-10(22)11(23)14(25-8)20-9-12(16-7-17-13(9)24)18-15(20)19-4-2-1-3-5-19/h7-8,10-11,14,21-23H,1-6H2,(H,16,17,24)/t8-,10+,11+,14-/m0/s1. The van der Waals surface area contributed by atoms with Crippen molar-refractivity contribution in [1.29, 1.82) is 0 Å². The number of anilines is 1. The Bertz CT molecular complexity index is 814. The second-order valence-corrected chi connectivity index (χ2v) is 6.46. The molecule has 136 valence electrons. The second kappa shape index (κ2) is 6.37. The Morgan fingerprint density at radius 2 is 2.00 bits per heavy atom. The number of aromatic amines is 1. The molecule has 2 saturated heterocycles. The number of rotatable bonds is 3. The Hall–Kier alpha value is -2.01. The lowest BCUT2D eigenvalue weighted by Crippen LogP contribution is -2.36. The number of nitrogens with zero attached hydrogens (tertiary/aromatic N) is 4. The maximum absolute atomic E-state index is 12.4. The molecule has 0 aliphatic carbocycles. The fraction of sp³-hybridized carbons (Fsp3) is 0.667. The lowest BCUT2D eigenvalue weighted by molar-refractivity contribution is -0.0503. The zero-order chi connectivity index (χ0) is 17.6. The molecular weight excluding hydrogens is 330 g/mol. The molecule has 4 rings (SSSR count). The number of H-pyrrole nitrogens is 1. The average Bonchev–Trinajstić information content (AvgIpc) is 3.15. The summed E-state index contributed by atoms with van der Waals surface area (Å²) in [5.41, 5.74) is 0.0264. The van der Waals surface area contributed by atoms with E-state index in [1.165, 1.54) is 10.9 Å². The number of aliphatic hydroxyl groups excluding tert-OH is 3. The van der Waals surface area contributed by atoms with Crippen LogP contribution in [-0.4, -0.2) is 72.8 Å². The van der Waals surface area contributed by atoms with E-state index in [9.17, 15) is 20.1 Å². The fourth-order valence-corrected chi connectivity index (χ4v) is 3.58. The van der Waals surface area contributed by atoms with Gasteiger partial charge in [0.15, 0.2) is 17.4 Å². The molecule has 2 aliphatic rings. The highest BCUT2D eigenvalue weighted by atomic mass is 16.6. The molecule has 0 saturated carbocycles. The zero-order valence-electron chi connectivity index (χ0n) is 13.6. The summed E-state index contributed by atoms with van der Waals surface area (Å²) in [5.74, 6) is 0.480. The minimum absolute atomic E-state index is 0.179. The van der Waals surface area contributed by atoms with Crippen molar-refractivity contribution >= 4 is 17.1 Å². The molecule has 2 aromatic rings. The van der Waals surface area contributed by atoms with Crippen molar-refractivity contribution < 1.29 is 20.1 Å². The van der Waals surface area contributed by atoms with Crippen molar-refractivity contribution in [3.8, 4) is 0 Å². The smallest absolute Gasteiger partial charge is 0.277 e. The average molecular weight is 351 g/mol. The Balaban J connectivity index is 1.87. The normalized spacial score (nSPS) is 30.3. The number of aromatic nitrogens is 4. The third-order valence-corrected chi connectivity index (χ3v) is 4.88. The summed E-state index contributed by atoms with van der Waals surface area (Å²) < 4.78 is 7.14. The fourth-order valence-electron chi connectivity index (χ4n) is 3.58. The number of piperidine rings is 1. The lowest BCUT2D eigenvalue weighted by Gasteiger charge is -2.30. The van der Waals surface area contributed by atoms with Gasteiger partial charge in [0.05, 0.1) is 12.9 Å². The van der Waals surface area contributed by atoms with Crippen LogP contribution in [0.2, 0.25) is 0 Å². The Morgan fingerprint density at radius 1 is 1.24 bits per heavy atom. The Labute approximate surface area is 142 Å². The van der Waals surface area contributed by atoms with E-state index in [1.54, 1.807) is 0 Å². The van der Waals surface area contributed by atoms with Gasteiger partial charge in [-0.25, -0.2) is 4.98 Å². The monoisotopic (exact) mass is 351 g/mol. The Morgan fingerprint density at radius 3 is 2.68 bits per heavy atom. The van der Waals surface area contributed by atoms with Crippen LogP contribution >= 0.6 is 0 Å². The highest BCUT2D eigenvalue weighted by Crippen LogP contribution is 2.35. The van der Waals surface area contributed by atoms with Crippen LogP contribution in [0.1, 0.15) is 25.5 Å². The molecule has 0 bridgehead atoms. The van der Waals surface area contributed by atoms with Crippen LogP contribution in [0.25, 0.3) is 11.2 Å². The molecule has 0 aromatic carbocycles. The first-order valence-corrected chi connectivity index (χ1v) is 8.45. The summed E-state index contributed by atoms with van der Waals surface area (Å²) in [5, 5.41) is 29.8. The van der Waals surface area contributed by atoms with E-state index in [0.717, 1.165) is 32.4 Å². The number of fused-ring (bicyclic) bond motifs is 1. The number of imidazole rings is 1. The molecule has 2 fully saturated rings. The van der Waals surface area contributed by atoms with E-state index in [-0.39, 0.29) is 11.2 Å². The molecule has 0 amide bonds. The van der Waals surface area contributed by atoms with Gasteiger partial charge in [-0.1, -0.05) is 0 Å². The van der Waals surface area contributed by atoms with E-state index in [0.29, 0.717) is 5.95 Å². The van der Waals surface area contributed by atoms with Gasteiger partial charge in [-0.05, 0) is 19.3 Å². The summed E-state index contributed by atoms with van der Waals surface area (Å²) in [6.07, 6.45) is -0.0915. The van der Waals surface area contributed by atoms with E-state index in [4.69, 9.17) is 4.74 Å². The summed E-state index contributed by atoms with van der Waals surface area (Å²) in [6, 6.07) is 0. The van der Waals surface area contributed by atoms with Crippen molar-refractivity contribution in [3.63, 3.8) is 0 Å². The maximum Gasteiger partial charge on any atom is 0.277 e. The van der Waals surface area contributed by atoms with Crippen LogP contribution in [-0.2, 0) is 4.74 Å². The van der Waals surface area contributed by atoms with Gasteiger partial charge >= 0.3 is 0 Å². The van der Waals surface area contributed by atoms with Gasteiger partial charge in [-0.2, -0.15) is 4.98 Å². The number of aliphatic hydroxyl groups is 3. The molecule has 0 radical (unpaired) electrons. The summed E-state index contributed by atoms with van der Waals surface area (Å²) in [4.78, 5) is 25.5. The van der Waals surface area contributed by atoms with E-state index in [1.807, 2.05) is 4.90 Å². The molecule has 10 heteroatoms. The molecule has 4 heterocycles. The van der Waals surface area contributed by atoms with Gasteiger partial charge < -0.3 is 29.9 Å². The first-order chi connectivity index (χ1) is 12.1. The molecule has 2 aromatic heterocycles. The molecule has 4 atom stereocenters. The predicted molar refractivity (Wildman–Crippen MR) is 87.2 cm³/mol. The minimum Gasteiger partial charge on any atom is -0.394 e. The summed E-state index contributed by atoms with van der Waals surface area (Å²) in [6.45, 7) is 1.11. The number of hydrogen-bond donors (Lipinski definition) is 4. The van der Waals surface area contributed by atoms with Gasteiger partial charge in [-0.15, -0.1) is 0 Å². The van der Waals surface area contributed by atoms with Crippen molar-refractivity contribution in [1.82, 2.24) is 19.5 Å². The van der Waals surface area contributed by atoms with Gasteiger partial charge in [0, 0.05) is 13.1 Å². The molecule has 10 nitrogen and oxygen atoms in total. The van der Waals surface area contributed by atoms with Crippen molar-refractivity contribution in [2.75, 3.05) is 24.6 Å².